The number of aryl methyl sites for hydroxylation is 2. The minimum Gasteiger partial charge on any atom is -0.457 e. The average Bonchev–Trinajstić information content (AvgIpc) is 2.41. The van der Waals surface area contributed by atoms with E-state index in [1.54, 1.807) is 0 Å². The van der Waals surface area contributed by atoms with Crippen molar-refractivity contribution in [3.05, 3.63) is 59.2 Å². The lowest BCUT2D eigenvalue weighted by atomic mass is 10.1. The molecule has 0 aliphatic carbocycles. The molecule has 1 nitrogen and oxygen atoms in total. The van der Waals surface area contributed by atoms with Gasteiger partial charge < -0.3 is 4.74 Å². The molecule has 0 unspecified atom stereocenters. The van der Waals surface area contributed by atoms with Gasteiger partial charge in [-0.2, -0.15) is 0 Å². The van der Waals surface area contributed by atoms with E-state index < -0.39 is 0 Å². The Morgan fingerprint density at radius 1 is 1.06 bits per heavy atom. The van der Waals surface area contributed by atoms with Gasteiger partial charge in [0.2, 0.25) is 0 Å². The van der Waals surface area contributed by atoms with E-state index in [0.717, 1.165) is 29.0 Å². The average molecular weight is 261 g/mol. The summed E-state index contributed by atoms with van der Waals surface area (Å²) in [4.78, 5) is 0. The molecule has 0 spiro atoms. The summed E-state index contributed by atoms with van der Waals surface area (Å²) < 4.78 is 5.94. The highest BCUT2D eigenvalue weighted by Gasteiger charge is 2.03. The summed E-state index contributed by atoms with van der Waals surface area (Å²) in [7, 11) is 0. The molecule has 0 atom stereocenters. The molecule has 2 rings (SSSR count). The Balaban J connectivity index is 2.27. The van der Waals surface area contributed by atoms with Crippen molar-refractivity contribution in [2.24, 2.45) is 0 Å². The Kier molecular flexibility index (Phi) is 4.27. The van der Waals surface area contributed by atoms with E-state index in [2.05, 4.69) is 19.1 Å². The van der Waals surface area contributed by atoms with Crippen molar-refractivity contribution < 1.29 is 4.74 Å². The molecule has 0 saturated heterocycles. The van der Waals surface area contributed by atoms with E-state index >= 15 is 0 Å². The SMILES string of the molecule is CCc1cccc(Oc2cc(CCl)ccc2C)c1. The monoisotopic (exact) mass is 260 g/mol. The topological polar surface area (TPSA) is 9.23 Å². The fourth-order valence-corrected chi connectivity index (χ4v) is 1.96. The molecular formula is C16H17ClO. The van der Waals surface area contributed by atoms with Gasteiger partial charge in [0.15, 0.2) is 0 Å². The van der Waals surface area contributed by atoms with Crippen molar-refractivity contribution in [3.8, 4) is 11.5 Å². The highest BCUT2D eigenvalue weighted by molar-refractivity contribution is 6.17. The minimum absolute atomic E-state index is 0.506. The number of benzene rings is 2. The second-order valence-corrected chi connectivity index (χ2v) is 4.60. The first kappa shape index (κ1) is 13.0. The van der Waals surface area contributed by atoms with Crippen LogP contribution in [-0.2, 0) is 12.3 Å². The van der Waals surface area contributed by atoms with Gasteiger partial charge in [-0.05, 0) is 48.2 Å². The highest BCUT2D eigenvalue weighted by atomic mass is 35.5. The minimum atomic E-state index is 0.506. The number of ether oxygens (including phenoxy) is 1. The summed E-state index contributed by atoms with van der Waals surface area (Å²) >= 11 is 5.85. The molecule has 0 aromatic heterocycles. The molecule has 94 valence electrons. The van der Waals surface area contributed by atoms with E-state index in [0.29, 0.717) is 5.88 Å². The van der Waals surface area contributed by atoms with Crippen LogP contribution >= 0.6 is 11.6 Å². The number of halogens is 1. The summed E-state index contributed by atoms with van der Waals surface area (Å²) in [5, 5.41) is 0. The quantitative estimate of drug-likeness (QED) is 0.696. The molecule has 0 N–H and O–H groups in total. The Bertz CT molecular complexity index is 534. The van der Waals surface area contributed by atoms with Gasteiger partial charge in [0.1, 0.15) is 11.5 Å². The van der Waals surface area contributed by atoms with Crippen molar-refractivity contribution in [2.45, 2.75) is 26.1 Å². The fourth-order valence-electron chi connectivity index (χ4n) is 1.79. The lowest BCUT2D eigenvalue weighted by Crippen LogP contribution is -1.90. The molecule has 0 radical (unpaired) electrons. The summed E-state index contributed by atoms with van der Waals surface area (Å²) in [6.07, 6.45) is 1.01. The van der Waals surface area contributed by atoms with Crippen LogP contribution in [-0.4, -0.2) is 0 Å². The second-order valence-electron chi connectivity index (χ2n) is 4.34. The molecule has 2 aromatic rings. The van der Waals surface area contributed by atoms with Gasteiger partial charge in [-0.15, -0.1) is 11.6 Å². The third kappa shape index (κ3) is 3.05. The van der Waals surface area contributed by atoms with Gasteiger partial charge in [0.05, 0.1) is 0 Å². The molecule has 0 amide bonds. The summed E-state index contributed by atoms with van der Waals surface area (Å²) in [6.45, 7) is 4.18. The smallest absolute Gasteiger partial charge is 0.130 e. The predicted octanol–water partition coefficient (Wildman–Crippen LogP) is 5.09. The standard InChI is InChI=1S/C16H17ClO/c1-3-13-5-4-6-15(9-13)18-16-10-14(11-17)8-7-12(16)2/h4-10H,3,11H2,1-2H3. The normalized spacial score (nSPS) is 10.4. The van der Waals surface area contributed by atoms with Crippen LogP contribution in [0.4, 0.5) is 0 Å². The molecule has 18 heavy (non-hydrogen) atoms. The zero-order valence-electron chi connectivity index (χ0n) is 10.7. The first-order chi connectivity index (χ1) is 8.72. The van der Waals surface area contributed by atoms with Gasteiger partial charge in [-0.25, -0.2) is 0 Å². The number of alkyl halides is 1. The summed E-state index contributed by atoms with van der Waals surface area (Å²) in [5.41, 5.74) is 3.47. The van der Waals surface area contributed by atoms with Crippen molar-refractivity contribution in [3.63, 3.8) is 0 Å². The molecule has 2 aromatic carbocycles. The van der Waals surface area contributed by atoms with Gasteiger partial charge in [-0.1, -0.05) is 31.2 Å². The highest BCUT2D eigenvalue weighted by Crippen LogP contribution is 2.27. The van der Waals surface area contributed by atoms with E-state index in [9.17, 15) is 0 Å². The first-order valence-corrected chi connectivity index (χ1v) is 6.68. The van der Waals surface area contributed by atoms with Crippen LogP contribution in [0.1, 0.15) is 23.6 Å². The third-order valence-electron chi connectivity index (χ3n) is 2.94. The van der Waals surface area contributed by atoms with E-state index in [1.165, 1.54) is 5.56 Å². The second kappa shape index (κ2) is 5.92. The van der Waals surface area contributed by atoms with Gasteiger partial charge in [0.25, 0.3) is 0 Å². The van der Waals surface area contributed by atoms with Crippen molar-refractivity contribution >= 4 is 11.6 Å². The molecule has 0 bridgehead atoms. The molecule has 0 saturated carbocycles. The Morgan fingerprint density at radius 3 is 2.61 bits per heavy atom. The number of hydrogen-bond acceptors (Lipinski definition) is 1. The van der Waals surface area contributed by atoms with Gasteiger partial charge in [0, 0.05) is 5.88 Å². The third-order valence-corrected chi connectivity index (χ3v) is 3.25. The van der Waals surface area contributed by atoms with Crippen LogP contribution in [0.3, 0.4) is 0 Å². The van der Waals surface area contributed by atoms with Gasteiger partial charge >= 0.3 is 0 Å². The van der Waals surface area contributed by atoms with E-state index in [4.69, 9.17) is 16.3 Å². The van der Waals surface area contributed by atoms with E-state index in [1.807, 2.05) is 37.3 Å². The lowest BCUT2D eigenvalue weighted by Gasteiger charge is -2.10. The van der Waals surface area contributed by atoms with Gasteiger partial charge in [-0.3, -0.25) is 0 Å². The zero-order chi connectivity index (χ0) is 13.0. The van der Waals surface area contributed by atoms with Crippen LogP contribution in [0.5, 0.6) is 11.5 Å². The molecule has 2 heteroatoms. The number of hydrogen-bond donors (Lipinski definition) is 0. The van der Waals surface area contributed by atoms with E-state index in [-0.39, 0.29) is 0 Å². The maximum Gasteiger partial charge on any atom is 0.130 e. The van der Waals surface area contributed by atoms with Crippen LogP contribution in [0.15, 0.2) is 42.5 Å². The molecule has 0 aliphatic heterocycles. The van der Waals surface area contributed by atoms with Crippen LogP contribution in [0.25, 0.3) is 0 Å². The maximum atomic E-state index is 5.94. The van der Waals surface area contributed by atoms with Crippen LogP contribution in [0.2, 0.25) is 0 Å². The molecule has 0 heterocycles. The van der Waals surface area contributed by atoms with Crippen molar-refractivity contribution in [1.82, 2.24) is 0 Å². The van der Waals surface area contributed by atoms with Crippen molar-refractivity contribution in [2.75, 3.05) is 0 Å². The lowest BCUT2D eigenvalue weighted by molar-refractivity contribution is 0.478. The Hall–Kier alpha value is -1.47. The maximum absolute atomic E-state index is 5.94. The molecule has 0 fully saturated rings. The summed E-state index contributed by atoms with van der Waals surface area (Å²) in [6, 6.07) is 14.2. The number of rotatable bonds is 4. The molecule has 0 aliphatic rings. The zero-order valence-corrected chi connectivity index (χ0v) is 11.5. The molecular weight excluding hydrogens is 244 g/mol. The Morgan fingerprint density at radius 2 is 1.89 bits per heavy atom. The largest absolute Gasteiger partial charge is 0.457 e. The van der Waals surface area contributed by atoms with Crippen molar-refractivity contribution in [1.29, 1.82) is 0 Å². The Labute approximate surface area is 113 Å². The first-order valence-electron chi connectivity index (χ1n) is 6.15. The predicted molar refractivity (Wildman–Crippen MR) is 76.6 cm³/mol. The van der Waals surface area contributed by atoms with Crippen LogP contribution in [0, 0.1) is 6.92 Å². The van der Waals surface area contributed by atoms with Crippen LogP contribution < -0.4 is 4.74 Å². The fraction of sp³-hybridized carbons (Fsp3) is 0.250. The summed E-state index contributed by atoms with van der Waals surface area (Å²) in [5.74, 6) is 2.26.